The highest BCUT2D eigenvalue weighted by Crippen LogP contribution is 2.31. The molecule has 2 rings (SSSR count). The van der Waals surface area contributed by atoms with Crippen molar-refractivity contribution in [3.05, 3.63) is 35.6 Å². The number of halogens is 1. The number of benzene rings is 1. The van der Waals surface area contributed by atoms with E-state index in [1.54, 1.807) is 12.1 Å². The summed E-state index contributed by atoms with van der Waals surface area (Å²) in [5, 5.41) is 10.0. The molecule has 0 spiro atoms. The molecule has 0 aliphatic heterocycles. The predicted molar refractivity (Wildman–Crippen MR) is 62.6 cm³/mol. The van der Waals surface area contributed by atoms with E-state index >= 15 is 0 Å². The van der Waals surface area contributed by atoms with Gasteiger partial charge in [-0.15, -0.1) is 0 Å². The first-order valence-corrected chi connectivity index (χ1v) is 6.19. The average Bonchev–Trinajstić information content (AvgIpc) is 2.31. The predicted octanol–water partition coefficient (Wildman–Crippen LogP) is 3.83. The minimum atomic E-state index is -0.427. The summed E-state index contributed by atoms with van der Waals surface area (Å²) >= 11 is 0. The van der Waals surface area contributed by atoms with Crippen LogP contribution in [0.4, 0.5) is 4.39 Å². The number of aliphatic hydroxyl groups excluding tert-OH is 1. The lowest BCUT2D eigenvalue weighted by Crippen LogP contribution is -2.11. The monoisotopic (exact) mass is 222 g/mol. The average molecular weight is 222 g/mol. The summed E-state index contributed by atoms with van der Waals surface area (Å²) in [6.07, 6.45) is 6.79. The molecule has 1 unspecified atom stereocenters. The van der Waals surface area contributed by atoms with Gasteiger partial charge in [-0.25, -0.2) is 4.39 Å². The third-order valence-corrected chi connectivity index (χ3v) is 3.54. The molecule has 1 atom stereocenters. The molecule has 1 N–H and O–H groups in total. The van der Waals surface area contributed by atoms with Crippen molar-refractivity contribution >= 4 is 0 Å². The van der Waals surface area contributed by atoms with Crippen molar-refractivity contribution < 1.29 is 9.50 Å². The zero-order chi connectivity index (χ0) is 11.4. The fourth-order valence-corrected chi connectivity index (χ4v) is 2.56. The Kier molecular flexibility index (Phi) is 3.94. The van der Waals surface area contributed by atoms with Gasteiger partial charge in [-0.2, -0.15) is 0 Å². The van der Waals surface area contributed by atoms with Crippen LogP contribution in [-0.4, -0.2) is 5.11 Å². The molecule has 0 radical (unpaired) electrons. The maximum Gasteiger partial charge on any atom is 0.123 e. The van der Waals surface area contributed by atoms with E-state index in [1.165, 1.54) is 44.2 Å². The van der Waals surface area contributed by atoms with Gasteiger partial charge in [0.15, 0.2) is 0 Å². The molecule has 0 heterocycles. The van der Waals surface area contributed by atoms with Crippen LogP contribution in [0.1, 0.15) is 50.2 Å². The van der Waals surface area contributed by atoms with Gasteiger partial charge in [0.2, 0.25) is 0 Å². The second-order valence-corrected chi connectivity index (χ2v) is 4.81. The zero-order valence-corrected chi connectivity index (χ0v) is 9.53. The van der Waals surface area contributed by atoms with Gasteiger partial charge in [-0.3, -0.25) is 0 Å². The van der Waals surface area contributed by atoms with Gasteiger partial charge < -0.3 is 5.11 Å². The van der Waals surface area contributed by atoms with E-state index in [4.69, 9.17) is 0 Å². The Balaban J connectivity index is 1.91. The van der Waals surface area contributed by atoms with E-state index in [2.05, 4.69) is 0 Å². The van der Waals surface area contributed by atoms with Crippen LogP contribution < -0.4 is 0 Å². The third kappa shape index (κ3) is 3.05. The summed E-state index contributed by atoms with van der Waals surface area (Å²) < 4.78 is 12.7. The van der Waals surface area contributed by atoms with Crippen LogP contribution >= 0.6 is 0 Å². The summed E-state index contributed by atoms with van der Waals surface area (Å²) in [5.74, 6) is 0.405. The van der Waals surface area contributed by atoms with Crippen LogP contribution in [-0.2, 0) is 0 Å². The molecule has 2 heteroatoms. The normalized spacial score (nSPS) is 19.6. The Morgan fingerprint density at radius 1 is 1.12 bits per heavy atom. The highest BCUT2D eigenvalue weighted by Gasteiger charge is 2.18. The maximum absolute atomic E-state index is 12.7. The van der Waals surface area contributed by atoms with Gasteiger partial charge in [-0.05, 0) is 30.0 Å². The van der Waals surface area contributed by atoms with E-state index in [1.807, 2.05) is 0 Å². The SMILES string of the molecule is OC(CC1CCCCC1)c1ccc(F)cc1. The lowest BCUT2D eigenvalue weighted by molar-refractivity contribution is 0.131. The van der Waals surface area contributed by atoms with E-state index < -0.39 is 6.10 Å². The van der Waals surface area contributed by atoms with Crippen LogP contribution in [0.25, 0.3) is 0 Å². The third-order valence-electron chi connectivity index (χ3n) is 3.54. The summed E-state index contributed by atoms with van der Waals surface area (Å²) in [6, 6.07) is 6.20. The van der Waals surface area contributed by atoms with E-state index in [-0.39, 0.29) is 5.82 Å². The molecule has 1 saturated carbocycles. The molecular formula is C14H19FO. The first kappa shape index (κ1) is 11.6. The Bertz CT molecular complexity index is 314. The van der Waals surface area contributed by atoms with E-state index in [9.17, 15) is 9.50 Å². The van der Waals surface area contributed by atoms with E-state index in [0.29, 0.717) is 5.92 Å². The van der Waals surface area contributed by atoms with Crippen LogP contribution in [0.3, 0.4) is 0 Å². The van der Waals surface area contributed by atoms with Crippen molar-refractivity contribution in [2.75, 3.05) is 0 Å². The molecule has 16 heavy (non-hydrogen) atoms. The number of hydrogen-bond acceptors (Lipinski definition) is 1. The Labute approximate surface area is 96.3 Å². The van der Waals surface area contributed by atoms with Crippen LogP contribution in [0.2, 0.25) is 0 Å². The molecular weight excluding hydrogens is 203 g/mol. The molecule has 0 aromatic heterocycles. The summed E-state index contributed by atoms with van der Waals surface area (Å²) in [4.78, 5) is 0. The fraction of sp³-hybridized carbons (Fsp3) is 0.571. The molecule has 0 amide bonds. The largest absolute Gasteiger partial charge is 0.388 e. The van der Waals surface area contributed by atoms with Crippen molar-refractivity contribution in [3.8, 4) is 0 Å². The van der Waals surface area contributed by atoms with Gasteiger partial charge in [-0.1, -0.05) is 44.2 Å². The van der Waals surface area contributed by atoms with E-state index in [0.717, 1.165) is 12.0 Å². The van der Waals surface area contributed by atoms with Crippen LogP contribution in [0.15, 0.2) is 24.3 Å². The summed E-state index contributed by atoms with van der Waals surface area (Å²) in [6.45, 7) is 0. The smallest absolute Gasteiger partial charge is 0.123 e. The Morgan fingerprint density at radius 2 is 1.75 bits per heavy atom. The first-order valence-electron chi connectivity index (χ1n) is 6.19. The van der Waals surface area contributed by atoms with Crippen molar-refractivity contribution in [2.45, 2.75) is 44.6 Å². The van der Waals surface area contributed by atoms with Gasteiger partial charge in [0, 0.05) is 0 Å². The summed E-state index contributed by atoms with van der Waals surface area (Å²) in [7, 11) is 0. The maximum atomic E-state index is 12.7. The summed E-state index contributed by atoms with van der Waals surface area (Å²) in [5.41, 5.74) is 0.840. The van der Waals surface area contributed by atoms with Crippen molar-refractivity contribution in [2.24, 2.45) is 5.92 Å². The second kappa shape index (κ2) is 5.44. The van der Waals surface area contributed by atoms with Gasteiger partial charge in [0.25, 0.3) is 0 Å². The topological polar surface area (TPSA) is 20.2 Å². The molecule has 1 aliphatic carbocycles. The molecule has 1 nitrogen and oxygen atoms in total. The lowest BCUT2D eigenvalue weighted by Gasteiger charge is -2.24. The quantitative estimate of drug-likeness (QED) is 0.824. The molecule has 1 aliphatic rings. The molecule has 1 fully saturated rings. The number of aliphatic hydroxyl groups is 1. The first-order chi connectivity index (χ1) is 7.75. The van der Waals surface area contributed by atoms with Gasteiger partial charge >= 0.3 is 0 Å². The second-order valence-electron chi connectivity index (χ2n) is 4.81. The number of rotatable bonds is 3. The minimum Gasteiger partial charge on any atom is -0.388 e. The Hall–Kier alpha value is -0.890. The minimum absolute atomic E-state index is 0.242. The van der Waals surface area contributed by atoms with Crippen molar-refractivity contribution in [1.29, 1.82) is 0 Å². The standard InChI is InChI=1S/C14H19FO/c15-13-8-6-12(7-9-13)14(16)10-11-4-2-1-3-5-11/h6-9,11,14,16H,1-5,10H2. The van der Waals surface area contributed by atoms with Crippen LogP contribution in [0, 0.1) is 11.7 Å². The fourth-order valence-electron chi connectivity index (χ4n) is 2.56. The molecule has 0 bridgehead atoms. The highest BCUT2D eigenvalue weighted by molar-refractivity contribution is 5.18. The molecule has 1 aromatic rings. The van der Waals surface area contributed by atoms with Gasteiger partial charge in [0.1, 0.15) is 5.82 Å². The van der Waals surface area contributed by atoms with Crippen molar-refractivity contribution in [1.82, 2.24) is 0 Å². The Morgan fingerprint density at radius 3 is 2.38 bits per heavy atom. The van der Waals surface area contributed by atoms with Gasteiger partial charge in [0.05, 0.1) is 6.10 Å². The lowest BCUT2D eigenvalue weighted by atomic mass is 9.84. The zero-order valence-electron chi connectivity index (χ0n) is 9.53. The highest BCUT2D eigenvalue weighted by atomic mass is 19.1. The molecule has 88 valence electrons. The van der Waals surface area contributed by atoms with Crippen molar-refractivity contribution in [3.63, 3.8) is 0 Å². The molecule has 1 aromatic carbocycles. The van der Waals surface area contributed by atoms with Crippen LogP contribution in [0.5, 0.6) is 0 Å². The molecule has 0 saturated heterocycles. The number of hydrogen-bond donors (Lipinski definition) is 1.